The average Bonchev–Trinajstić information content (AvgIpc) is 3.11. The highest BCUT2D eigenvalue weighted by molar-refractivity contribution is 5.15. The number of rotatable bonds is 5. The van der Waals surface area contributed by atoms with Crippen molar-refractivity contribution in [3.8, 4) is 0 Å². The molecule has 2 aromatic heterocycles. The summed E-state index contributed by atoms with van der Waals surface area (Å²) >= 11 is 0. The third-order valence-corrected chi connectivity index (χ3v) is 3.11. The molecule has 2 N–H and O–H groups in total. The topological polar surface area (TPSA) is 100 Å². The third kappa shape index (κ3) is 3.11. The molecule has 3 rings (SSSR count). The zero-order chi connectivity index (χ0) is 14.7. The van der Waals surface area contributed by atoms with Gasteiger partial charge < -0.3 is 5.73 Å². The summed E-state index contributed by atoms with van der Waals surface area (Å²) in [6.45, 7) is 2.95. The highest BCUT2D eigenvalue weighted by Gasteiger charge is 2.10. The molecule has 1 aromatic carbocycles. The number of nitrogens with zero attached hydrogens (tertiary/aromatic N) is 7. The Morgan fingerprint density at radius 2 is 1.90 bits per heavy atom. The summed E-state index contributed by atoms with van der Waals surface area (Å²) in [5.41, 5.74) is 7.66. The first-order chi connectivity index (χ1) is 10.2. The molecule has 0 aliphatic heterocycles. The van der Waals surface area contributed by atoms with Crippen molar-refractivity contribution in [1.82, 2.24) is 35.2 Å². The van der Waals surface area contributed by atoms with Gasteiger partial charge in [0.25, 0.3) is 0 Å². The van der Waals surface area contributed by atoms with Crippen LogP contribution in [-0.4, -0.2) is 35.2 Å². The lowest BCUT2D eigenvalue weighted by Crippen LogP contribution is -2.11. The highest BCUT2D eigenvalue weighted by atomic mass is 15.6. The Kier molecular flexibility index (Phi) is 3.69. The molecule has 0 radical (unpaired) electrons. The number of tetrazole rings is 1. The first-order valence-electron chi connectivity index (χ1n) is 6.67. The van der Waals surface area contributed by atoms with Crippen LogP contribution in [0.5, 0.6) is 0 Å². The molecule has 0 saturated carbocycles. The largest absolute Gasteiger partial charge is 0.323 e. The number of aromatic nitrogens is 7. The standard InChI is InChI=1S/C13H16N8/c1-10(14)12-8-20(18-15-12)9-13-16-17-19-21(13)7-11-5-3-2-4-6-11/h2-6,8,10H,7,9,14H2,1H3. The summed E-state index contributed by atoms with van der Waals surface area (Å²) in [4.78, 5) is 0. The SMILES string of the molecule is CC(N)c1cn(Cc2nnnn2Cc2ccccc2)nn1. The van der Waals surface area contributed by atoms with Crippen LogP contribution >= 0.6 is 0 Å². The van der Waals surface area contributed by atoms with Gasteiger partial charge in [-0.3, -0.25) is 0 Å². The van der Waals surface area contributed by atoms with Crippen molar-refractivity contribution in [3.63, 3.8) is 0 Å². The van der Waals surface area contributed by atoms with E-state index in [0.717, 1.165) is 17.1 Å². The van der Waals surface area contributed by atoms with Crippen molar-refractivity contribution in [2.75, 3.05) is 0 Å². The minimum absolute atomic E-state index is 0.140. The van der Waals surface area contributed by atoms with E-state index in [1.54, 1.807) is 9.36 Å². The summed E-state index contributed by atoms with van der Waals surface area (Å²) in [6, 6.07) is 9.90. The maximum atomic E-state index is 5.77. The van der Waals surface area contributed by atoms with Gasteiger partial charge in [-0.15, -0.1) is 10.2 Å². The summed E-state index contributed by atoms with van der Waals surface area (Å²) in [6.07, 6.45) is 1.81. The second kappa shape index (κ2) is 5.80. The smallest absolute Gasteiger partial charge is 0.173 e. The van der Waals surface area contributed by atoms with E-state index >= 15 is 0 Å². The zero-order valence-electron chi connectivity index (χ0n) is 11.7. The Bertz CT molecular complexity index is 700. The van der Waals surface area contributed by atoms with E-state index < -0.39 is 0 Å². The Hall–Kier alpha value is -2.61. The predicted octanol–water partition coefficient (Wildman–Crippen LogP) is 0.381. The van der Waals surface area contributed by atoms with Gasteiger partial charge in [0.05, 0.1) is 18.4 Å². The molecule has 3 aromatic rings. The van der Waals surface area contributed by atoms with E-state index in [9.17, 15) is 0 Å². The Balaban J connectivity index is 1.76. The van der Waals surface area contributed by atoms with Gasteiger partial charge in [-0.2, -0.15) is 0 Å². The molecule has 0 aliphatic carbocycles. The molecule has 0 spiro atoms. The summed E-state index contributed by atoms with van der Waals surface area (Å²) < 4.78 is 3.44. The van der Waals surface area contributed by atoms with Gasteiger partial charge in [0, 0.05) is 6.04 Å². The van der Waals surface area contributed by atoms with E-state index in [1.807, 2.05) is 43.5 Å². The maximum Gasteiger partial charge on any atom is 0.173 e. The summed E-state index contributed by atoms with van der Waals surface area (Å²) in [5.74, 6) is 0.722. The highest BCUT2D eigenvalue weighted by Crippen LogP contribution is 2.06. The van der Waals surface area contributed by atoms with Crippen LogP contribution in [0.15, 0.2) is 36.5 Å². The van der Waals surface area contributed by atoms with Crippen molar-refractivity contribution in [1.29, 1.82) is 0 Å². The third-order valence-electron chi connectivity index (χ3n) is 3.11. The van der Waals surface area contributed by atoms with Crippen LogP contribution in [0.4, 0.5) is 0 Å². The van der Waals surface area contributed by atoms with Crippen molar-refractivity contribution in [3.05, 3.63) is 53.6 Å². The molecule has 1 atom stereocenters. The molecule has 8 nitrogen and oxygen atoms in total. The van der Waals surface area contributed by atoms with Crippen LogP contribution in [0.2, 0.25) is 0 Å². The van der Waals surface area contributed by atoms with Crippen LogP contribution < -0.4 is 5.73 Å². The molecule has 21 heavy (non-hydrogen) atoms. The first kappa shape index (κ1) is 13.4. The van der Waals surface area contributed by atoms with Gasteiger partial charge in [0.1, 0.15) is 6.54 Å². The second-order valence-corrected chi connectivity index (χ2v) is 4.87. The number of hydrogen-bond acceptors (Lipinski definition) is 6. The van der Waals surface area contributed by atoms with Crippen molar-refractivity contribution in [2.24, 2.45) is 5.73 Å². The molecule has 0 saturated heterocycles. The number of benzene rings is 1. The minimum atomic E-state index is -0.140. The molecule has 0 aliphatic rings. The van der Waals surface area contributed by atoms with Crippen LogP contribution in [0, 0.1) is 0 Å². The van der Waals surface area contributed by atoms with Gasteiger partial charge in [0.2, 0.25) is 0 Å². The van der Waals surface area contributed by atoms with Gasteiger partial charge >= 0.3 is 0 Å². The van der Waals surface area contributed by atoms with Gasteiger partial charge in [-0.05, 0) is 22.9 Å². The molecular weight excluding hydrogens is 268 g/mol. The van der Waals surface area contributed by atoms with Crippen molar-refractivity contribution in [2.45, 2.75) is 26.1 Å². The van der Waals surface area contributed by atoms with Gasteiger partial charge in [0.15, 0.2) is 5.82 Å². The number of hydrogen-bond donors (Lipinski definition) is 1. The van der Waals surface area contributed by atoms with E-state index in [4.69, 9.17) is 5.73 Å². The number of nitrogens with two attached hydrogens (primary N) is 1. The minimum Gasteiger partial charge on any atom is -0.323 e. The molecule has 108 valence electrons. The molecule has 1 unspecified atom stereocenters. The molecule has 0 bridgehead atoms. The lowest BCUT2D eigenvalue weighted by Gasteiger charge is -2.04. The van der Waals surface area contributed by atoms with Gasteiger partial charge in [-0.1, -0.05) is 35.5 Å². The average molecular weight is 284 g/mol. The maximum absolute atomic E-state index is 5.77. The fraction of sp³-hybridized carbons (Fsp3) is 0.308. The quantitative estimate of drug-likeness (QED) is 0.727. The van der Waals surface area contributed by atoms with E-state index in [0.29, 0.717) is 13.1 Å². The first-order valence-corrected chi connectivity index (χ1v) is 6.67. The van der Waals surface area contributed by atoms with E-state index in [2.05, 4.69) is 25.8 Å². The predicted molar refractivity (Wildman–Crippen MR) is 75.1 cm³/mol. The fourth-order valence-corrected chi connectivity index (χ4v) is 1.96. The lowest BCUT2D eigenvalue weighted by atomic mass is 10.2. The lowest BCUT2D eigenvalue weighted by molar-refractivity contribution is 0.564. The zero-order valence-corrected chi connectivity index (χ0v) is 11.7. The monoisotopic (exact) mass is 284 g/mol. The van der Waals surface area contributed by atoms with Crippen molar-refractivity contribution >= 4 is 0 Å². The molecular formula is C13H16N8. The van der Waals surface area contributed by atoms with Crippen LogP contribution in [0.3, 0.4) is 0 Å². The molecule has 2 heterocycles. The van der Waals surface area contributed by atoms with Crippen LogP contribution in [0.1, 0.15) is 30.0 Å². The Morgan fingerprint density at radius 1 is 1.10 bits per heavy atom. The summed E-state index contributed by atoms with van der Waals surface area (Å²) in [7, 11) is 0. The molecule has 8 heteroatoms. The van der Waals surface area contributed by atoms with Gasteiger partial charge in [-0.25, -0.2) is 9.36 Å². The second-order valence-electron chi connectivity index (χ2n) is 4.87. The Morgan fingerprint density at radius 3 is 2.62 bits per heavy atom. The van der Waals surface area contributed by atoms with Crippen LogP contribution in [0.25, 0.3) is 0 Å². The summed E-state index contributed by atoms with van der Waals surface area (Å²) in [5, 5.41) is 19.9. The molecule has 0 fully saturated rings. The van der Waals surface area contributed by atoms with E-state index in [-0.39, 0.29) is 6.04 Å². The van der Waals surface area contributed by atoms with Crippen LogP contribution in [-0.2, 0) is 13.1 Å². The normalized spacial score (nSPS) is 12.5. The Labute approximate surface area is 121 Å². The molecule has 0 amide bonds. The fourth-order valence-electron chi connectivity index (χ4n) is 1.96. The van der Waals surface area contributed by atoms with Crippen molar-refractivity contribution < 1.29 is 0 Å². The van der Waals surface area contributed by atoms with E-state index in [1.165, 1.54) is 0 Å².